The Hall–Kier alpha value is -1.50. The number of nitrogens with zero attached hydrogens (tertiary/aromatic N) is 5. The normalized spacial score (nSPS) is 11.4. The van der Waals surface area contributed by atoms with Crippen LogP contribution in [0.4, 0.5) is 5.69 Å². The molecule has 0 aliphatic heterocycles. The molecule has 2 aromatic rings. The second-order valence-corrected chi connectivity index (χ2v) is 5.07. The summed E-state index contributed by atoms with van der Waals surface area (Å²) >= 11 is 1.49. The van der Waals surface area contributed by atoms with Crippen molar-refractivity contribution < 1.29 is 0 Å². The zero-order valence-electron chi connectivity index (χ0n) is 10.4. The van der Waals surface area contributed by atoms with Crippen molar-refractivity contribution in [2.75, 3.05) is 5.73 Å². The maximum Gasteiger partial charge on any atom is 0.192 e. The van der Waals surface area contributed by atoms with Gasteiger partial charge in [-0.1, -0.05) is 0 Å². The summed E-state index contributed by atoms with van der Waals surface area (Å²) in [6.07, 6.45) is 1.53. The van der Waals surface area contributed by atoms with E-state index in [4.69, 9.17) is 5.73 Å². The van der Waals surface area contributed by atoms with Gasteiger partial charge < -0.3 is 5.73 Å². The van der Waals surface area contributed by atoms with Crippen molar-refractivity contribution in [3.63, 3.8) is 0 Å². The lowest BCUT2D eigenvalue weighted by atomic mass is 10.4. The summed E-state index contributed by atoms with van der Waals surface area (Å²) in [5.41, 5.74) is 7.61. The quantitative estimate of drug-likeness (QED) is 0.898. The Morgan fingerprint density at radius 1 is 1.41 bits per heavy atom. The van der Waals surface area contributed by atoms with Crippen LogP contribution in [0.1, 0.15) is 25.6 Å². The maximum absolute atomic E-state index is 6.05. The molecule has 0 fully saturated rings. The minimum atomic E-state index is 0.265. The Kier molecular flexibility index (Phi) is 3.10. The molecule has 0 atom stereocenters. The minimum Gasteiger partial charge on any atom is -0.395 e. The third-order valence-electron chi connectivity index (χ3n) is 2.43. The highest BCUT2D eigenvalue weighted by Gasteiger charge is 2.17. The molecule has 0 saturated carbocycles. The molecule has 0 unspecified atom stereocenters. The van der Waals surface area contributed by atoms with Crippen LogP contribution in [0.3, 0.4) is 0 Å². The average molecular weight is 252 g/mol. The minimum absolute atomic E-state index is 0.265. The molecule has 0 radical (unpaired) electrons. The third kappa shape index (κ3) is 2.14. The predicted octanol–water partition coefficient (Wildman–Crippen LogP) is 1.63. The largest absolute Gasteiger partial charge is 0.395 e. The average Bonchev–Trinajstić information content (AvgIpc) is 2.78. The molecule has 0 spiro atoms. The lowest BCUT2D eigenvalue weighted by Crippen LogP contribution is -2.05. The van der Waals surface area contributed by atoms with Gasteiger partial charge >= 0.3 is 0 Å². The predicted molar refractivity (Wildman–Crippen MR) is 66.9 cm³/mol. The molecule has 17 heavy (non-hydrogen) atoms. The van der Waals surface area contributed by atoms with Crippen molar-refractivity contribution in [1.29, 1.82) is 0 Å². The van der Waals surface area contributed by atoms with Gasteiger partial charge in [0.25, 0.3) is 0 Å². The highest BCUT2D eigenvalue weighted by atomic mass is 32.2. The molecular weight excluding hydrogens is 236 g/mol. The van der Waals surface area contributed by atoms with Crippen molar-refractivity contribution >= 4 is 17.4 Å². The van der Waals surface area contributed by atoms with Crippen LogP contribution in [0.2, 0.25) is 0 Å². The van der Waals surface area contributed by atoms with Crippen LogP contribution in [-0.4, -0.2) is 24.5 Å². The molecule has 2 rings (SSSR count). The number of rotatable bonds is 3. The molecule has 2 N–H and O–H groups in total. The van der Waals surface area contributed by atoms with E-state index in [9.17, 15) is 0 Å². The van der Waals surface area contributed by atoms with Gasteiger partial charge in [0.05, 0.1) is 11.4 Å². The van der Waals surface area contributed by atoms with Crippen molar-refractivity contribution in [2.45, 2.75) is 37.0 Å². The fourth-order valence-corrected chi connectivity index (χ4v) is 2.51. The SMILES string of the molecule is Cc1nn(C(C)C)c(Sc2ncnn2C)c1N. The summed E-state index contributed by atoms with van der Waals surface area (Å²) in [6.45, 7) is 6.06. The van der Waals surface area contributed by atoms with Gasteiger partial charge in [-0.25, -0.2) is 9.67 Å². The zero-order valence-corrected chi connectivity index (χ0v) is 11.2. The summed E-state index contributed by atoms with van der Waals surface area (Å²) in [7, 11) is 1.86. The van der Waals surface area contributed by atoms with Crippen LogP contribution >= 0.6 is 11.8 Å². The zero-order chi connectivity index (χ0) is 12.6. The fraction of sp³-hybridized carbons (Fsp3) is 0.500. The summed E-state index contributed by atoms with van der Waals surface area (Å²) in [6, 6.07) is 0.265. The summed E-state index contributed by atoms with van der Waals surface area (Å²) < 4.78 is 3.64. The first kappa shape index (κ1) is 12.0. The van der Waals surface area contributed by atoms with Crippen molar-refractivity contribution in [1.82, 2.24) is 24.5 Å². The number of anilines is 1. The second-order valence-electron chi connectivity index (χ2n) is 4.11. The molecule has 0 aliphatic carbocycles. The number of nitrogens with two attached hydrogens (primary N) is 1. The first-order chi connectivity index (χ1) is 8.00. The number of aromatic nitrogens is 5. The lowest BCUT2D eigenvalue weighted by molar-refractivity contribution is 0.490. The smallest absolute Gasteiger partial charge is 0.192 e. The first-order valence-corrected chi connectivity index (χ1v) is 6.18. The molecule has 92 valence electrons. The molecule has 6 nitrogen and oxygen atoms in total. The van der Waals surface area contributed by atoms with E-state index >= 15 is 0 Å². The fourth-order valence-electron chi connectivity index (χ4n) is 1.46. The van der Waals surface area contributed by atoms with Gasteiger partial charge in [-0.3, -0.25) is 4.68 Å². The summed E-state index contributed by atoms with van der Waals surface area (Å²) in [5, 5.41) is 10.2. The Labute approximate surface area is 104 Å². The van der Waals surface area contributed by atoms with E-state index in [1.807, 2.05) is 18.7 Å². The number of hydrogen-bond acceptors (Lipinski definition) is 5. The third-order valence-corrected chi connectivity index (χ3v) is 3.59. The topological polar surface area (TPSA) is 74.5 Å². The van der Waals surface area contributed by atoms with Gasteiger partial charge in [-0.2, -0.15) is 10.2 Å². The van der Waals surface area contributed by atoms with Crippen LogP contribution in [0.5, 0.6) is 0 Å². The van der Waals surface area contributed by atoms with Gasteiger partial charge in [0, 0.05) is 13.1 Å². The van der Waals surface area contributed by atoms with Gasteiger partial charge in [0.15, 0.2) is 5.16 Å². The van der Waals surface area contributed by atoms with Crippen LogP contribution < -0.4 is 5.73 Å². The molecule has 0 amide bonds. The van der Waals surface area contributed by atoms with Crippen molar-refractivity contribution in [3.05, 3.63) is 12.0 Å². The highest BCUT2D eigenvalue weighted by molar-refractivity contribution is 7.99. The summed E-state index contributed by atoms with van der Waals surface area (Å²) in [4.78, 5) is 4.18. The monoisotopic (exact) mass is 252 g/mol. The standard InChI is InChI=1S/C10H16N6S/c1-6(2)16-9(8(11)7(3)14-16)17-10-12-5-13-15(10)4/h5-6H,11H2,1-4H3. The summed E-state index contributed by atoms with van der Waals surface area (Å²) in [5.74, 6) is 0. The van der Waals surface area contributed by atoms with Crippen LogP contribution in [0, 0.1) is 6.92 Å². The van der Waals surface area contributed by atoms with Gasteiger partial charge in [-0.15, -0.1) is 0 Å². The number of hydrogen-bond donors (Lipinski definition) is 1. The molecule has 0 aromatic carbocycles. The Morgan fingerprint density at radius 3 is 2.65 bits per heavy atom. The van der Waals surface area contributed by atoms with Gasteiger partial charge in [-0.05, 0) is 32.5 Å². The van der Waals surface area contributed by atoms with E-state index in [1.54, 1.807) is 4.68 Å². The van der Waals surface area contributed by atoms with E-state index in [1.165, 1.54) is 18.1 Å². The molecule has 2 heterocycles. The van der Waals surface area contributed by atoms with Crippen molar-refractivity contribution in [2.24, 2.45) is 7.05 Å². The van der Waals surface area contributed by atoms with E-state index < -0.39 is 0 Å². The Bertz CT molecular complexity index is 527. The van der Waals surface area contributed by atoms with E-state index in [0.717, 1.165) is 15.9 Å². The molecule has 7 heteroatoms. The Balaban J connectivity index is 2.41. The van der Waals surface area contributed by atoms with Gasteiger partial charge in [0.1, 0.15) is 11.4 Å². The van der Waals surface area contributed by atoms with E-state index in [2.05, 4.69) is 29.0 Å². The van der Waals surface area contributed by atoms with Crippen molar-refractivity contribution in [3.8, 4) is 0 Å². The first-order valence-electron chi connectivity index (χ1n) is 5.37. The van der Waals surface area contributed by atoms with Crippen LogP contribution in [0.15, 0.2) is 16.5 Å². The van der Waals surface area contributed by atoms with E-state index in [-0.39, 0.29) is 6.04 Å². The highest BCUT2D eigenvalue weighted by Crippen LogP contribution is 2.33. The number of aryl methyl sites for hydroxylation is 2. The van der Waals surface area contributed by atoms with Crippen LogP contribution in [-0.2, 0) is 7.05 Å². The molecule has 0 aliphatic rings. The molecule has 2 aromatic heterocycles. The number of nitrogen functional groups attached to an aromatic ring is 1. The van der Waals surface area contributed by atoms with Crippen LogP contribution in [0.25, 0.3) is 0 Å². The maximum atomic E-state index is 6.05. The Morgan fingerprint density at radius 2 is 2.12 bits per heavy atom. The molecular formula is C10H16N6S. The van der Waals surface area contributed by atoms with Gasteiger partial charge in [0.2, 0.25) is 0 Å². The molecule has 0 bridgehead atoms. The molecule has 0 saturated heterocycles. The van der Waals surface area contributed by atoms with E-state index in [0.29, 0.717) is 5.69 Å². The lowest BCUT2D eigenvalue weighted by Gasteiger charge is -2.10. The second kappa shape index (κ2) is 4.40.